The average molecular weight is 179 g/mol. The number of hydrogen-bond donors (Lipinski definition) is 2. The molecule has 1 heterocycles. The minimum Gasteiger partial charge on any atom is -0.616 e. The molecule has 0 spiro atoms. The molecule has 1 saturated heterocycles. The van der Waals surface area contributed by atoms with Crippen molar-refractivity contribution in [3.05, 3.63) is 0 Å². The van der Waals surface area contributed by atoms with E-state index in [0.717, 1.165) is 0 Å². The summed E-state index contributed by atoms with van der Waals surface area (Å²) in [6.07, 6.45) is -1.07. The Labute approximate surface area is 66.7 Å². The molecule has 0 radical (unpaired) electrons. The molecular weight excluding hydrogens is 170 g/mol. The number of hydrogen-bond acceptors (Lipinski definition) is 4. The normalized spacial score (nSPS) is 37.1. The Morgan fingerprint density at radius 2 is 2.45 bits per heavy atom. The number of rotatable bonds is 1. The number of carboxylic acid groups (broad SMARTS) is 1. The zero-order valence-electron chi connectivity index (χ0n) is 5.78. The van der Waals surface area contributed by atoms with Gasteiger partial charge in [-0.1, -0.05) is 0 Å². The van der Waals surface area contributed by atoms with E-state index in [9.17, 15) is 9.35 Å². The fourth-order valence-electron chi connectivity index (χ4n) is 0.958. The molecule has 11 heavy (non-hydrogen) atoms. The van der Waals surface area contributed by atoms with Gasteiger partial charge in [-0.2, -0.15) is 0 Å². The Morgan fingerprint density at radius 1 is 1.82 bits per heavy atom. The van der Waals surface area contributed by atoms with E-state index in [4.69, 9.17) is 10.8 Å². The minimum atomic E-state index is -1.41. The van der Waals surface area contributed by atoms with Crippen LogP contribution in [0, 0.1) is 0 Å². The maximum absolute atomic E-state index is 10.8. The highest BCUT2D eigenvalue weighted by atomic mass is 32.2. The fraction of sp³-hybridized carbons (Fsp3) is 0.800. The zero-order valence-corrected chi connectivity index (χ0v) is 6.60. The highest BCUT2D eigenvalue weighted by molar-refractivity contribution is 7.91. The first-order chi connectivity index (χ1) is 5.02. The summed E-state index contributed by atoms with van der Waals surface area (Å²) in [7, 11) is 0. The van der Waals surface area contributed by atoms with E-state index in [1.807, 2.05) is 0 Å². The summed E-state index contributed by atoms with van der Waals surface area (Å²) in [6.45, 7) is 0. The molecule has 0 saturated carbocycles. The Morgan fingerprint density at radius 3 is 2.82 bits per heavy atom. The number of ether oxygens (including phenoxy) is 1. The standard InChI is InChI=1S/C5H9NO4S/c6-5(10-4(7)8)1-2-11(9)3-5/h1-3,6H2,(H,7,8). The lowest BCUT2D eigenvalue weighted by molar-refractivity contribution is 0.000956. The van der Waals surface area contributed by atoms with Gasteiger partial charge in [-0.05, 0) is 11.2 Å². The summed E-state index contributed by atoms with van der Waals surface area (Å²) in [5.41, 5.74) is 4.24. The molecule has 0 amide bonds. The molecule has 3 N–H and O–H groups in total. The molecule has 1 rings (SSSR count). The Kier molecular flexibility index (Phi) is 2.26. The maximum atomic E-state index is 10.8. The van der Waals surface area contributed by atoms with Crippen LogP contribution in [0.2, 0.25) is 0 Å². The van der Waals surface area contributed by atoms with E-state index >= 15 is 0 Å². The smallest absolute Gasteiger partial charge is 0.507 e. The third-order valence-corrected chi connectivity index (χ3v) is 2.92. The monoisotopic (exact) mass is 179 g/mol. The van der Waals surface area contributed by atoms with E-state index in [2.05, 4.69) is 4.74 Å². The lowest BCUT2D eigenvalue weighted by Crippen LogP contribution is -2.45. The van der Waals surface area contributed by atoms with Gasteiger partial charge in [0.2, 0.25) is 5.72 Å². The van der Waals surface area contributed by atoms with Crippen LogP contribution < -0.4 is 5.73 Å². The molecule has 0 aliphatic carbocycles. The van der Waals surface area contributed by atoms with Gasteiger partial charge in [0.25, 0.3) is 0 Å². The molecule has 2 unspecified atom stereocenters. The predicted molar refractivity (Wildman–Crippen MR) is 38.5 cm³/mol. The average Bonchev–Trinajstić information content (AvgIpc) is 2.08. The van der Waals surface area contributed by atoms with Gasteiger partial charge in [0.15, 0.2) is 5.75 Å². The molecule has 0 aromatic heterocycles. The van der Waals surface area contributed by atoms with E-state index in [0.29, 0.717) is 12.2 Å². The van der Waals surface area contributed by atoms with E-state index in [-0.39, 0.29) is 5.75 Å². The van der Waals surface area contributed by atoms with Crippen molar-refractivity contribution < 1.29 is 19.2 Å². The van der Waals surface area contributed by atoms with E-state index in [1.54, 1.807) is 0 Å². The highest BCUT2D eigenvalue weighted by Crippen LogP contribution is 2.21. The molecule has 2 atom stereocenters. The van der Waals surface area contributed by atoms with Gasteiger partial charge in [0.1, 0.15) is 5.75 Å². The molecule has 64 valence electrons. The van der Waals surface area contributed by atoms with Crippen LogP contribution in [-0.4, -0.2) is 33.0 Å². The quantitative estimate of drug-likeness (QED) is 0.321. The first-order valence-electron chi connectivity index (χ1n) is 3.08. The SMILES string of the molecule is NC1(OC(=O)O)CC[S+]([O-])C1. The first kappa shape index (κ1) is 8.63. The molecule has 1 aliphatic rings. The van der Waals surface area contributed by atoms with Crippen LogP contribution in [0.15, 0.2) is 0 Å². The van der Waals surface area contributed by atoms with Gasteiger partial charge in [-0.3, -0.25) is 5.73 Å². The molecule has 1 aliphatic heterocycles. The van der Waals surface area contributed by atoms with Crippen molar-refractivity contribution in [2.24, 2.45) is 5.73 Å². The first-order valence-corrected chi connectivity index (χ1v) is 4.56. The molecule has 5 nitrogen and oxygen atoms in total. The van der Waals surface area contributed by atoms with Gasteiger partial charge in [0, 0.05) is 0 Å². The fourth-order valence-corrected chi connectivity index (χ4v) is 2.42. The van der Waals surface area contributed by atoms with Crippen LogP contribution in [0.3, 0.4) is 0 Å². The van der Waals surface area contributed by atoms with Crippen LogP contribution >= 0.6 is 0 Å². The number of nitrogens with two attached hydrogens (primary N) is 1. The second kappa shape index (κ2) is 2.88. The van der Waals surface area contributed by atoms with Crippen molar-refractivity contribution in [2.45, 2.75) is 12.1 Å². The summed E-state index contributed by atoms with van der Waals surface area (Å²) in [5, 5.41) is 8.22. The molecular formula is C5H9NO4S. The molecule has 1 fully saturated rings. The van der Waals surface area contributed by atoms with Crippen LogP contribution in [0.1, 0.15) is 6.42 Å². The van der Waals surface area contributed by atoms with Crippen LogP contribution in [0.5, 0.6) is 0 Å². The summed E-state index contributed by atoms with van der Waals surface area (Å²) in [6, 6.07) is 0. The topological polar surface area (TPSA) is 95.6 Å². The van der Waals surface area contributed by atoms with Crippen LogP contribution in [-0.2, 0) is 15.9 Å². The predicted octanol–water partition coefficient (Wildman–Crippen LogP) is -0.512. The van der Waals surface area contributed by atoms with Crippen LogP contribution in [0.4, 0.5) is 4.79 Å². The third-order valence-electron chi connectivity index (χ3n) is 1.45. The summed E-state index contributed by atoms with van der Waals surface area (Å²) in [5.74, 6) is 0.531. The second-order valence-electron chi connectivity index (χ2n) is 2.47. The van der Waals surface area contributed by atoms with Crippen molar-refractivity contribution >= 4 is 17.3 Å². The number of carbonyl (C=O) groups is 1. The molecule has 0 bridgehead atoms. The van der Waals surface area contributed by atoms with Crippen molar-refractivity contribution in [1.29, 1.82) is 0 Å². The van der Waals surface area contributed by atoms with Crippen molar-refractivity contribution in [1.82, 2.24) is 0 Å². The minimum absolute atomic E-state index is 0.110. The summed E-state index contributed by atoms with van der Waals surface area (Å²) in [4.78, 5) is 10.1. The highest BCUT2D eigenvalue weighted by Gasteiger charge is 2.42. The van der Waals surface area contributed by atoms with Gasteiger partial charge in [-0.25, -0.2) is 4.79 Å². The molecule has 0 aromatic carbocycles. The maximum Gasteiger partial charge on any atom is 0.507 e. The van der Waals surface area contributed by atoms with Crippen LogP contribution in [0.25, 0.3) is 0 Å². The van der Waals surface area contributed by atoms with E-state index < -0.39 is 23.1 Å². The molecule has 0 aromatic rings. The summed E-state index contributed by atoms with van der Waals surface area (Å²) >= 11 is -1.02. The lowest BCUT2D eigenvalue weighted by atomic mass is 10.2. The van der Waals surface area contributed by atoms with Gasteiger partial charge in [-0.15, -0.1) is 0 Å². The van der Waals surface area contributed by atoms with Gasteiger partial charge in [0.05, 0.1) is 6.42 Å². The zero-order chi connectivity index (χ0) is 8.48. The van der Waals surface area contributed by atoms with Crippen molar-refractivity contribution in [3.8, 4) is 0 Å². The molecule has 6 heteroatoms. The van der Waals surface area contributed by atoms with Crippen molar-refractivity contribution in [2.75, 3.05) is 11.5 Å². The van der Waals surface area contributed by atoms with Crippen molar-refractivity contribution in [3.63, 3.8) is 0 Å². The second-order valence-corrected chi connectivity index (χ2v) is 4.05. The largest absolute Gasteiger partial charge is 0.616 e. The Balaban J connectivity index is 2.48. The Hall–Kier alpha value is -0.460. The summed E-state index contributed by atoms with van der Waals surface area (Å²) < 4.78 is 15.2. The van der Waals surface area contributed by atoms with Gasteiger partial charge >= 0.3 is 6.16 Å². The van der Waals surface area contributed by atoms with E-state index in [1.165, 1.54) is 0 Å². The Bertz CT molecular complexity index is 176. The van der Waals surface area contributed by atoms with Gasteiger partial charge < -0.3 is 14.4 Å². The third kappa shape index (κ3) is 2.25. The lowest BCUT2D eigenvalue weighted by Gasteiger charge is -2.18.